The number of carbonyl (C=O) groups excluding carboxylic acids is 8. The number of nitrogens with one attached hydrogen (secondary N) is 3. The van der Waals surface area contributed by atoms with Crippen molar-refractivity contribution in [1.29, 1.82) is 5.26 Å². The second kappa shape index (κ2) is 27.4. The molecule has 2 aromatic heterocycles. The fraction of sp³-hybridized carbons (Fsp3) is 0.412. The quantitative estimate of drug-likeness (QED) is 0.0208. The summed E-state index contributed by atoms with van der Waals surface area (Å²) in [6.45, 7) is 18.8. The smallest absolute Gasteiger partial charge is 0.408 e. The molecule has 24 nitrogen and oxygen atoms in total. The van der Waals surface area contributed by atoms with Gasteiger partial charge in [-0.05, 0) is 90.4 Å². The molecule has 4 rings (SSSR count). The second-order valence-corrected chi connectivity index (χ2v) is 20.5. The Balaban J connectivity index is 1.55. The van der Waals surface area contributed by atoms with E-state index in [1.54, 1.807) is 77.9 Å². The molecule has 5 atom stereocenters. The van der Waals surface area contributed by atoms with Crippen molar-refractivity contribution in [1.82, 2.24) is 25.9 Å². The van der Waals surface area contributed by atoms with Crippen LogP contribution in [0.5, 0.6) is 5.75 Å². The highest BCUT2D eigenvalue weighted by Crippen LogP contribution is 2.42. The third-order valence-electron chi connectivity index (χ3n) is 10.2. The maximum absolute atomic E-state index is 13.5. The van der Waals surface area contributed by atoms with Crippen LogP contribution in [0.2, 0.25) is 5.02 Å². The van der Waals surface area contributed by atoms with Crippen LogP contribution < -0.4 is 37.9 Å². The number of thioether (sulfide) groups is 1. The minimum Gasteiger partial charge on any atom is -0.490 e. The van der Waals surface area contributed by atoms with Crippen molar-refractivity contribution >= 4 is 82.5 Å². The molecule has 0 saturated carbocycles. The van der Waals surface area contributed by atoms with Crippen LogP contribution in [0.15, 0.2) is 64.2 Å². The fourth-order valence-electron chi connectivity index (χ4n) is 6.68. The molecule has 0 bridgehead atoms. The number of hydrogen-bond donors (Lipinski definition) is 6. The zero-order chi connectivity index (χ0) is 57.4. The number of halogens is 1. The average molecular weight is 1100 g/mol. The second-order valence-electron chi connectivity index (χ2n) is 19.1. The van der Waals surface area contributed by atoms with Crippen LogP contribution in [0.25, 0.3) is 27.4 Å². The van der Waals surface area contributed by atoms with Crippen LogP contribution in [0.1, 0.15) is 85.9 Å². The maximum Gasteiger partial charge on any atom is 0.408 e. The number of benzene rings is 2. The molecule has 0 aliphatic heterocycles. The standard InChI is InChI=1S/C51H59ClN10O14S/c1-26(18-37(63)35(19-38(54)64)60-48(69)75-50(3,4)5)46(67)73-24-33(74-47(68)27(2)58-43(66)36(20-39(55)65)61-49(70)76-51(6,7)8)23-71-32-16-12-28(13-17-32)40-34(21-53)45(62-42(56)41(40)57-9)77-25-31-22-72-44(59-31)29-10-14-30(52)15-11-29/h10-17,22,26-27,33,35-36H,18-20,23-25H2,1-8H3,(H2,54,64)(H2,55,65)(H2,56,62)(H,58,66)(H,60,69)(H,61,70)/t26-,27+,33+,35+,36+/m1/s1. The van der Waals surface area contributed by atoms with E-state index in [1.165, 1.54) is 32.2 Å². The van der Waals surface area contributed by atoms with Crippen LogP contribution in [0, 0.1) is 23.8 Å². The summed E-state index contributed by atoms with van der Waals surface area (Å²) in [6.07, 6.45) is -3.80. The number of hydrogen-bond acceptors (Lipinski definition) is 19. The normalized spacial score (nSPS) is 13.1. The molecular formula is C51H59ClN10O14S. The number of nitriles is 1. The number of ether oxygens (including phenoxy) is 5. The number of alkyl carbamates (subject to hydrolysis) is 2. The van der Waals surface area contributed by atoms with Gasteiger partial charge in [0.1, 0.15) is 65.4 Å². The first kappa shape index (κ1) is 61.1. The van der Waals surface area contributed by atoms with E-state index in [-0.39, 0.29) is 39.2 Å². The van der Waals surface area contributed by atoms with Crippen molar-refractivity contribution in [3.05, 3.63) is 82.5 Å². The molecule has 26 heteroatoms. The molecule has 0 spiro atoms. The van der Waals surface area contributed by atoms with Gasteiger partial charge >= 0.3 is 24.1 Å². The van der Waals surface area contributed by atoms with Gasteiger partial charge in [-0.2, -0.15) is 5.26 Å². The Morgan fingerprint density at radius 2 is 1.38 bits per heavy atom. The van der Waals surface area contributed by atoms with E-state index in [2.05, 4.69) is 36.8 Å². The number of nitrogen functional groups attached to an aromatic ring is 1. The van der Waals surface area contributed by atoms with Gasteiger partial charge in [0.25, 0.3) is 0 Å². The van der Waals surface area contributed by atoms with Crippen molar-refractivity contribution in [2.75, 3.05) is 18.9 Å². The zero-order valence-corrected chi connectivity index (χ0v) is 44.9. The Morgan fingerprint density at radius 3 is 1.94 bits per heavy atom. The van der Waals surface area contributed by atoms with Gasteiger partial charge in [-0.15, -0.1) is 0 Å². The third-order valence-corrected chi connectivity index (χ3v) is 11.4. The molecule has 410 valence electrons. The van der Waals surface area contributed by atoms with Crippen LogP contribution in [0.3, 0.4) is 0 Å². The van der Waals surface area contributed by atoms with E-state index in [4.69, 9.17) is 63.5 Å². The lowest BCUT2D eigenvalue weighted by Gasteiger charge is -2.25. The molecule has 0 radical (unpaired) electrons. The number of rotatable bonds is 24. The number of pyridine rings is 1. The lowest BCUT2D eigenvalue weighted by Crippen LogP contribution is -2.53. The molecule has 0 saturated heterocycles. The molecular weight excluding hydrogens is 1040 g/mol. The number of amides is 5. The van der Waals surface area contributed by atoms with E-state index >= 15 is 0 Å². The van der Waals surface area contributed by atoms with Gasteiger partial charge in [0.15, 0.2) is 11.9 Å². The van der Waals surface area contributed by atoms with E-state index in [0.29, 0.717) is 27.7 Å². The monoisotopic (exact) mass is 1100 g/mol. The van der Waals surface area contributed by atoms with Gasteiger partial charge in [-0.1, -0.05) is 42.4 Å². The van der Waals surface area contributed by atoms with Crippen molar-refractivity contribution in [3.8, 4) is 34.4 Å². The van der Waals surface area contributed by atoms with Gasteiger partial charge < -0.3 is 61.3 Å². The van der Waals surface area contributed by atoms with Gasteiger partial charge in [-0.25, -0.2) is 29.2 Å². The van der Waals surface area contributed by atoms with Gasteiger partial charge in [-0.3, -0.25) is 24.0 Å². The fourth-order valence-corrected chi connectivity index (χ4v) is 7.68. The predicted octanol–water partition coefficient (Wildman–Crippen LogP) is 5.83. The van der Waals surface area contributed by atoms with Crippen molar-refractivity contribution in [2.24, 2.45) is 17.4 Å². The summed E-state index contributed by atoms with van der Waals surface area (Å²) in [5.41, 5.74) is 16.8. The Labute approximate surface area is 452 Å². The van der Waals surface area contributed by atoms with E-state index < -0.39 is 121 Å². The number of Topliss-reactive ketones (excluding diaryl/α,β-unsaturated/α-hetero) is 1. The van der Waals surface area contributed by atoms with E-state index in [1.807, 2.05) is 0 Å². The molecule has 0 fully saturated rings. The topological polar surface area (TPSA) is 364 Å². The maximum atomic E-state index is 13.5. The summed E-state index contributed by atoms with van der Waals surface area (Å²) in [6, 6.07) is 10.6. The number of oxazole rings is 1. The molecule has 4 aromatic rings. The first-order valence-electron chi connectivity index (χ1n) is 23.5. The third kappa shape index (κ3) is 19.7. The molecule has 9 N–H and O–H groups in total. The van der Waals surface area contributed by atoms with Crippen molar-refractivity contribution in [3.63, 3.8) is 0 Å². The van der Waals surface area contributed by atoms with Crippen LogP contribution >= 0.6 is 23.4 Å². The van der Waals surface area contributed by atoms with E-state index in [0.717, 1.165) is 11.8 Å². The SMILES string of the molecule is [C-]#[N+]c1c(N)nc(SCc2coc(-c3ccc(Cl)cc3)n2)c(C#N)c1-c1ccc(OC[C@@H](COC(=O)[C@H](C)CC(=O)[C@H](CC(N)=O)NC(=O)OC(C)(C)C)OC(=O)[C@H](C)NC(=O)[C@H](CC(N)=O)NC(=O)OC(C)(C)C)cc1. The van der Waals surface area contributed by atoms with Crippen LogP contribution in [-0.2, 0) is 53.5 Å². The van der Waals surface area contributed by atoms with Crippen molar-refractivity contribution in [2.45, 2.75) is 121 Å². The number of nitrogens with two attached hydrogens (primary N) is 3. The Kier molecular flexibility index (Phi) is 21.7. The summed E-state index contributed by atoms with van der Waals surface area (Å²) < 4.78 is 33.1. The highest BCUT2D eigenvalue weighted by molar-refractivity contribution is 7.98. The minimum absolute atomic E-state index is 0.0560. The minimum atomic E-state index is -1.56. The molecule has 77 heavy (non-hydrogen) atoms. The summed E-state index contributed by atoms with van der Waals surface area (Å²) in [7, 11) is 0. The number of carbonyl (C=O) groups is 8. The lowest BCUT2D eigenvalue weighted by molar-refractivity contribution is -0.164. The summed E-state index contributed by atoms with van der Waals surface area (Å²) >= 11 is 7.16. The zero-order valence-electron chi connectivity index (χ0n) is 43.3. The number of nitrogens with zero attached hydrogens (tertiary/aromatic N) is 4. The largest absolute Gasteiger partial charge is 0.490 e. The molecule has 2 aromatic carbocycles. The van der Waals surface area contributed by atoms with Gasteiger partial charge in [0.2, 0.25) is 29.3 Å². The Morgan fingerprint density at radius 1 is 0.805 bits per heavy atom. The molecule has 2 heterocycles. The molecule has 0 aliphatic rings. The summed E-state index contributed by atoms with van der Waals surface area (Å²) in [4.78, 5) is 114. The van der Waals surface area contributed by atoms with Gasteiger partial charge in [0.05, 0.1) is 42.6 Å². The number of primary amides is 2. The number of ketones is 1. The first-order valence-corrected chi connectivity index (χ1v) is 24.9. The predicted molar refractivity (Wildman–Crippen MR) is 278 cm³/mol. The summed E-state index contributed by atoms with van der Waals surface area (Å²) in [5.74, 6) is -6.28. The first-order chi connectivity index (χ1) is 36.1. The number of anilines is 1. The van der Waals surface area contributed by atoms with Crippen LogP contribution in [-0.4, -0.2) is 106 Å². The molecule has 0 aliphatic carbocycles. The molecule has 5 amide bonds. The molecule has 0 unspecified atom stereocenters. The van der Waals surface area contributed by atoms with Crippen LogP contribution in [0.4, 0.5) is 21.1 Å². The number of esters is 2. The number of aromatic nitrogens is 2. The highest BCUT2D eigenvalue weighted by Gasteiger charge is 2.32. The lowest BCUT2D eigenvalue weighted by atomic mass is 9.98. The summed E-state index contributed by atoms with van der Waals surface area (Å²) in [5, 5.41) is 18.1. The van der Waals surface area contributed by atoms with Gasteiger partial charge in [0, 0.05) is 28.3 Å². The Bertz CT molecular complexity index is 2910. The van der Waals surface area contributed by atoms with Crippen molar-refractivity contribution < 1.29 is 66.5 Å². The Hall–Kier alpha value is -8.42. The highest BCUT2D eigenvalue weighted by atomic mass is 35.5. The average Bonchev–Trinajstić information content (AvgIpc) is 3.81. The van der Waals surface area contributed by atoms with E-state index in [9.17, 15) is 43.6 Å².